The molecule has 1 aromatic heterocycles. The van der Waals surface area contributed by atoms with Gasteiger partial charge in [-0.3, -0.25) is 14.3 Å². The highest BCUT2D eigenvalue weighted by Crippen LogP contribution is 2.28. The molecular formula is C16H25N3O3. The van der Waals surface area contributed by atoms with Crippen molar-refractivity contribution in [3.63, 3.8) is 0 Å². The van der Waals surface area contributed by atoms with Crippen molar-refractivity contribution < 1.29 is 14.7 Å². The molecule has 0 saturated heterocycles. The molecule has 1 saturated carbocycles. The van der Waals surface area contributed by atoms with Crippen molar-refractivity contribution in [1.29, 1.82) is 0 Å². The number of aryl methyl sites for hydroxylation is 2. The smallest absolute Gasteiger partial charge is 0.308 e. The van der Waals surface area contributed by atoms with Crippen molar-refractivity contribution in [2.24, 2.45) is 13.0 Å². The Labute approximate surface area is 131 Å². The number of hydrogen-bond donors (Lipinski definition) is 1. The van der Waals surface area contributed by atoms with Gasteiger partial charge < -0.3 is 10.0 Å². The average Bonchev–Trinajstić information content (AvgIpc) is 3.24. The van der Waals surface area contributed by atoms with Gasteiger partial charge in [-0.1, -0.05) is 6.92 Å². The van der Waals surface area contributed by atoms with Crippen LogP contribution in [0.3, 0.4) is 0 Å². The Morgan fingerprint density at radius 3 is 2.50 bits per heavy atom. The number of carboxylic acid groups (broad SMARTS) is 1. The van der Waals surface area contributed by atoms with Gasteiger partial charge in [-0.2, -0.15) is 5.10 Å². The van der Waals surface area contributed by atoms with E-state index in [2.05, 4.69) is 5.10 Å². The summed E-state index contributed by atoms with van der Waals surface area (Å²) in [7, 11) is 1.90. The van der Waals surface area contributed by atoms with Crippen molar-refractivity contribution >= 4 is 11.9 Å². The first-order valence-corrected chi connectivity index (χ1v) is 7.82. The quantitative estimate of drug-likeness (QED) is 0.831. The van der Waals surface area contributed by atoms with Crippen LogP contribution < -0.4 is 0 Å². The van der Waals surface area contributed by atoms with Gasteiger partial charge >= 0.3 is 5.97 Å². The molecule has 1 N–H and O–H groups in total. The van der Waals surface area contributed by atoms with Gasteiger partial charge in [0.25, 0.3) is 0 Å². The maximum absolute atomic E-state index is 12.5. The Bertz CT molecular complexity index is 575. The first-order chi connectivity index (χ1) is 10.3. The Hall–Kier alpha value is -1.85. The van der Waals surface area contributed by atoms with E-state index >= 15 is 0 Å². The lowest BCUT2D eigenvalue weighted by molar-refractivity contribution is -0.143. The molecule has 1 heterocycles. The molecule has 1 aromatic rings. The predicted octanol–water partition coefficient (Wildman–Crippen LogP) is 1.68. The lowest BCUT2D eigenvalue weighted by atomic mass is 10.1. The van der Waals surface area contributed by atoms with Gasteiger partial charge in [-0.05, 0) is 38.7 Å². The molecule has 122 valence electrons. The van der Waals surface area contributed by atoms with Gasteiger partial charge in [-0.25, -0.2) is 0 Å². The van der Waals surface area contributed by atoms with Crippen LogP contribution in [0.1, 0.15) is 43.1 Å². The van der Waals surface area contributed by atoms with Crippen LogP contribution in [0.5, 0.6) is 0 Å². The first kappa shape index (κ1) is 16.5. The predicted molar refractivity (Wildman–Crippen MR) is 82.5 cm³/mol. The second kappa shape index (κ2) is 6.50. The molecule has 6 heteroatoms. The summed E-state index contributed by atoms with van der Waals surface area (Å²) in [6, 6.07) is 0.241. The minimum atomic E-state index is -0.850. The van der Waals surface area contributed by atoms with Crippen molar-refractivity contribution in [3.8, 4) is 0 Å². The van der Waals surface area contributed by atoms with Crippen LogP contribution in [0.2, 0.25) is 0 Å². The molecule has 1 fully saturated rings. The zero-order valence-corrected chi connectivity index (χ0v) is 13.8. The number of nitrogens with zero attached hydrogens (tertiary/aromatic N) is 3. The highest BCUT2D eigenvalue weighted by molar-refractivity contribution is 5.78. The Balaban J connectivity index is 1.98. The van der Waals surface area contributed by atoms with Crippen LogP contribution in [0, 0.1) is 19.8 Å². The second-order valence-electron chi connectivity index (χ2n) is 6.29. The number of carboxylic acids is 1. The lowest BCUT2D eigenvalue weighted by Crippen LogP contribution is -2.38. The van der Waals surface area contributed by atoms with Crippen LogP contribution in [-0.2, 0) is 23.1 Å². The number of rotatable bonds is 7. The maximum atomic E-state index is 12.5. The van der Waals surface area contributed by atoms with Gasteiger partial charge in [0.2, 0.25) is 5.91 Å². The molecule has 6 nitrogen and oxygen atoms in total. The van der Waals surface area contributed by atoms with Crippen LogP contribution in [0.15, 0.2) is 0 Å². The van der Waals surface area contributed by atoms with Crippen LogP contribution in [0.25, 0.3) is 0 Å². The number of amides is 1. The lowest BCUT2D eigenvalue weighted by Gasteiger charge is -2.24. The highest BCUT2D eigenvalue weighted by Gasteiger charge is 2.34. The number of hydrogen-bond acceptors (Lipinski definition) is 3. The van der Waals surface area contributed by atoms with E-state index in [0.29, 0.717) is 19.4 Å². The van der Waals surface area contributed by atoms with E-state index in [1.165, 1.54) is 0 Å². The monoisotopic (exact) mass is 307 g/mol. The molecule has 0 bridgehead atoms. The van der Waals surface area contributed by atoms with Gasteiger partial charge in [0, 0.05) is 31.7 Å². The average molecular weight is 307 g/mol. The largest absolute Gasteiger partial charge is 0.481 e. The van der Waals surface area contributed by atoms with E-state index in [1.54, 1.807) is 11.8 Å². The number of carbonyl (C=O) groups excluding carboxylic acids is 1. The van der Waals surface area contributed by atoms with Crippen LogP contribution in [0.4, 0.5) is 0 Å². The number of aromatic nitrogens is 2. The third-order valence-corrected chi connectivity index (χ3v) is 4.45. The van der Waals surface area contributed by atoms with Crippen molar-refractivity contribution in [1.82, 2.24) is 14.7 Å². The fraction of sp³-hybridized carbons (Fsp3) is 0.688. The Morgan fingerprint density at radius 1 is 1.41 bits per heavy atom. The van der Waals surface area contributed by atoms with Gasteiger partial charge in [-0.15, -0.1) is 0 Å². The molecule has 1 aliphatic carbocycles. The second-order valence-corrected chi connectivity index (χ2v) is 6.29. The zero-order valence-electron chi connectivity index (χ0n) is 13.8. The molecule has 22 heavy (non-hydrogen) atoms. The van der Waals surface area contributed by atoms with Gasteiger partial charge in [0.15, 0.2) is 0 Å². The normalized spacial score (nSPS) is 15.6. The molecule has 1 atom stereocenters. The Kier molecular flexibility index (Phi) is 4.88. The third kappa shape index (κ3) is 3.67. The van der Waals surface area contributed by atoms with E-state index < -0.39 is 11.9 Å². The summed E-state index contributed by atoms with van der Waals surface area (Å²) in [5, 5.41) is 13.4. The topological polar surface area (TPSA) is 75.4 Å². The van der Waals surface area contributed by atoms with E-state index in [4.69, 9.17) is 5.11 Å². The van der Waals surface area contributed by atoms with Crippen molar-refractivity contribution in [2.45, 2.75) is 52.5 Å². The SMILES string of the molecule is Cc1nn(C)c(C)c1CCC(=O)N(C[C@@H](C)C(=O)O)C1CC1. The molecule has 0 radical (unpaired) electrons. The number of carbonyl (C=O) groups is 2. The zero-order chi connectivity index (χ0) is 16.4. The summed E-state index contributed by atoms with van der Waals surface area (Å²) < 4.78 is 1.83. The fourth-order valence-electron chi connectivity index (χ4n) is 2.77. The molecule has 0 aliphatic heterocycles. The Morgan fingerprint density at radius 2 is 2.05 bits per heavy atom. The van der Waals surface area contributed by atoms with Gasteiger partial charge in [0.05, 0.1) is 11.6 Å². The molecule has 2 rings (SSSR count). The molecule has 1 aliphatic rings. The maximum Gasteiger partial charge on any atom is 0.308 e. The van der Waals surface area contributed by atoms with E-state index in [0.717, 1.165) is 29.8 Å². The fourth-order valence-corrected chi connectivity index (χ4v) is 2.77. The van der Waals surface area contributed by atoms with Crippen molar-refractivity contribution in [2.75, 3.05) is 6.54 Å². The van der Waals surface area contributed by atoms with E-state index in [-0.39, 0.29) is 11.9 Å². The summed E-state index contributed by atoms with van der Waals surface area (Å²) in [4.78, 5) is 25.3. The highest BCUT2D eigenvalue weighted by atomic mass is 16.4. The molecular weight excluding hydrogens is 282 g/mol. The standard InChI is InChI=1S/C16H25N3O3/c1-10(16(21)22)9-19(13-5-6-13)15(20)8-7-14-11(2)17-18(4)12(14)3/h10,13H,5-9H2,1-4H3,(H,21,22)/t10-/m1/s1. The first-order valence-electron chi connectivity index (χ1n) is 7.82. The summed E-state index contributed by atoms with van der Waals surface area (Å²) in [5.41, 5.74) is 3.17. The minimum absolute atomic E-state index is 0.0539. The summed E-state index contributed by atoms with van der Waals surface area (Å²) in [6.07, 6.45) is 3.05. The molecule has 1 amide bonds. The van der Waals surface area contributed by atoms with Gasteiger partial charge in [0.1, 0.15) is 0 Å². The summed E-state index contributed by atoms with van der Waals surface area (Å²) >= 11 is 0. The molecule has 0 aromatic carbocycles. The van der Waals surface area contributed by atoms with Crippen LogP contribution in [-0.4, -0.2) is 44.3 Å². The van der Waals surface area contributed by atoms with E-state index in [1.807, 2.05) is 25.6 Å². The third-order valence-electron chi connectivity index (χ3n) is 4.45. The molecule has 0 unspecified atom stereocenters. The minimum Gasteiger partial charge on any atom is -0.481 e. The summed E-state index contributed by atoms with van der Waals surface area (Å²) in [6.45, 7) is 5.92. The summed E-state index contributed by atoms with van der Waals surface area (Å²) in [5.74, 6) is -1.32. The number of aliphatic carboxylic acids is 1. The van der Waals surface area contributed by atoms with Crippen LogP contribution >= 0.6 is 0 Å². The van der Waals surface area contributed by atoms with E-state index in [9.17, 15) is 9.59 Å². The molecule has 0 spiro atoms. The van der Waals surface area contributed by atoms with Crippen molar-refractivity contribution in [3.05, 3.63) is 17.0 Å².